The molecule has 0 radical (unpaired) electrons. The highest BCUT2D eigenvalue weighted by Gasteiger charge is 2.06. The van der Waals surface area contributed by atoms with E-state index >= 15 is 0 Å². The quantitative estimate of drug-likeness (QED) is 0.489. The Labute approximate surface area is 174 Å². The number of carbonyl (C=O) groups excluding carboxylic acids is 1. The van der Waals surface area contributed by atoms with E-state index in [0.717, 1.165) is 11.4 Å². The van der Waals surface area contributed by atoms with Gasteiger partial charge in [-0.2, -0.15) is 4.98 Å². The van der Waals surface area contributed by atoms with E-state index in [1.807, 2.05) is 44.2 Å². The number of carbonyl (C=O) groups is 1. The van der Waals surface area contributed by atoms with Crippen LogP contribution in [0.2, 0.25) is 0 Å². The third-order valence-electron chi connectivity index (χ3n) is 4.24. The summed E-state index contributed by atoms with van der Waals surface area (Å²) in [6, 6.07) is 11.3. The van der Waals surface area contributed by atoms with Crippen molar-refractivity contribution in [1.29, 1.82) is 0 Å². The van der Waals surface area contributed by atoms with Crippen LogP contribution in [-0.2, 0) is 11.3 Å². The average molecular weight is 407 g/mol. The predicted octanol–water partition coefficient (Wildman–Crippen LogP) is 1.93. The summed E-state index contributed by atoms with van der Waals surface area (Å²) in [5.74, 6) is 0.887. The molecule has 0 bridgehead atoms. The first kappa shape index (κ1) is 21.0. The van der Waals surface area contributed by atoms with Crippen molar-refractivity contribution in [3.63, 3.8) is 0 Å². The van der Waals surface area contributed by atoms with E-state index in [-0.39, 0.29) is 18.0 Å². The van der Waals surface area contributed by atoms with Crippen LogP contribution < -0.4 is 21.5 Å². The number of anilines is 3. The van der Waals surface area contributed by atoms with Crippen molar-refractivity contribution in [1.82, 2.24) is 24.8 Å². The van der Waals surface area contributed by atoms with E-state index in [1.165, 1.54) is 22.5 Å². The number of aromatic nitrogens is 4. The molecule has 0 aliphatic heterocycles. The van der Waals surface area contributed by atoms with Gasteiger partial charge < -0.3 is 16.0 Å². The van der Waals surface area contributed by atoms with Crippen LogP contribution in [0.1, 0.15) is 17.0 Å². The normalized spacial score (nSPS) is 10.5. The minimum Gasteiger partial charge on any atom is -0.353 e. The Morgan fingerprint density at radius 1 is 1.00 bits per heavy atom. The second kappa shape index (κ2) is 9.64. The number of benzene rings is 1. The summed E-state index contributed by atoms with van der Waals surface area (Å²) < 4.78 is 1.27. The fourth-order valence-electron chi connectivity index (χ4n) is 2.72. The van der Waals surface area contributed by atoms with Gasteiger partial charge in [0.15, 0.2) is 0 Å². The lowest BCUT2D eigenvalue weighted by atomic mass is 10.2. The Kier molecular flexibility index (Phi) is 6.74. The van der Waals surface area contributed by atoms with Gasteiger partial charge in [0.25, 0.3) is 5.56 Å². The van der Waals surface area contributed by atoms with Gasteiger partial charge in [-0.3, -0.25) is 14.2 Å². The van der Waals surface area contributed by atoms with E-state index in [9.17, 15) is 9.59 Å². The van der Waals surface area contributed by atoms with Gasteiger partial charge in [-0.1, -0.05) is 17.7 Å². The zero-order valence-electron chi connectivity index (χ0n) is 17.3. The first-order valence-electron chi connectivity index (χ1n) is 9.62. The number of amides is 1. The lowest BCUT2D eigenvalue weighted by molar-refractivity contribution is -0.121. The van der Waals surface area contributed by atoms with Gasteiger partial charge in [-0.25, -0.2) is 9.97 Å². The zero-order chi connectivity index (χ0) is 21.5. The van der Waals surface area contributed by atoms with Crippen molar-refractivity contribution in [3.05, 3.63) is 70.0 Å². The topological polar surface area (TPSA) is 114 Å². The van der Waals surface area contributed by atoms with Gasteiger partial charge in [0.05, 0.1) is 6.33 Å². The summed E-state index contributed by atoms with van der Waals surface area (Å²) in [6.07, 6.45) is 1.37. The molecule has 30 heavy (non-hydrogen) atoms. The lowest BCUT2D eigenvalue weighted by Crippen LogP contribution is -2.34. The summed E-state index contributed by atoms with van der Waals surface area (Å²) in [6.45, 7) is 6.40. The zero-order valence-corrected chi connectivity index (χ0v) is 17.3. The molecular weight excluding hydrogens is 382 g/mol. The average Bonchev–Trinajstić information content (AvgIpc) is 2.69. The molecule has 0 atom stereocenters. The fourth-order valence-corrected chi connectivity index (χ4v) is 2.72. The molecule has 0 saturated heterocycles. The van der Waals surface area contributed by atoms with Crippen molar-refractivity contribution in [2.45, 2.75) is 27.3 Å². The highest BCUT2D eigenvalue weighted by atomic mass is 16.2. The van der Waals surface area contributed by atoms with Crippen LogP contribution in [0.3, 0.4) is 0 Å². The molecule has 0 spiro atoms. The number of hydrogen-bond donors (Lipinski definition) is 3. The van der Waals surface area contributed by atoms with Crippen LogP contribution in [0.4, 0.5) is 17.5 Å². The molecule has 1 amide bonds. The smallest absolute Gasteiger partial charge is 0.253 e. The van der Waals surface area contributed by atoms with Crippen LogP contribution >= 0.6 is 0 Å². The Balaban J connectivity index is 1.49. The number of aryl methyl sites for hydroxylation is 3. The molecule has 0 fully saturated rings. The van der Waals surface area contributed by atoms with Gasteiger partial charge >= 0.3 is 0 Å². The van der Waals surface area contributed by atoms with Gasteiger partial charge in [0.2, 0.25) is 11.9 Å². The first-order valence-corrected chi connectivity index (χ1v) is 9.62. The standard InChI is InChI=1S/C21H25N7O2/c1-14-4-6-17(7-5-14)26-18-10-16(3)25-21(27-18)23-9-8-22-19(29)12-28-13-24-15(2)11-20(28)30/h4-7,10-11,13H,8-9,12H2,1-3H3,(H,22,29)(H2,23,25,26,27). The number of rotatable bonds is 8. The number of hydrogen-bond acceptors (Lipinski definition) is 7. The van der Waals surface area contributed by atoms with Gasteiger partial charge in [0, 0.05) is 42.3 Å². The SMILES string of the molecule is Cc1ccc(Nc2cc(C)nc(NCCNC(=O)Cn3cnc(C)cc3=O)n2)cc1. The monoisotopic (exact) mass is 407 g/mol. The Morgan fingerprint density at radius 3 is 2.50 bits per heavy atom. The maximum atomic E-state index is 12.0. The molecule has 9 heteroatoms. The minimum absolute atomic E-state index is 0.0717. The summed E-state index contributed by atoms with van der Waals surface area (Å²) in [5, 5.41) is 9.12. The molecule has 0 aliphatic rings. The van der Waals surface area contributed by atoms with Gasteiger partial charge in [-0.15, -0.1) is 0 Å². The van der Waals surface area contributed by atoms with Gasteiger partial charge in [-0.05, 0) is 32.9 Å². The summed E-state index contributed by atoms with van der Waals surface area (Å²) in [4.78, 5) is 36.7. The largest absolute Gasteiger partial charge is 0.353 e. The summed E-state index contributed by atoms with van der Waals surface area (Å²) in [7, 11) is 0. The molecule has 3 N–H and O–H groups in total. The van der Waals surface area contributed by atoms with Crippen LogP contribution in [0.5, 0.6) is 0 Å². The van der Waals surface area contributed by atoms with Crippen molar-refractivity contribution in [2.75, 3.05) is 23.7 Å². The summed E-state index contributed by atoms with van der Waals surface area (Å²) in [5.41, 5.74) is 3.32. The maximum absolute atomic E-state index is 12.0. The highest BCUT2D eigenvalue weighted by Crippen LogP contribution is 2.17. The minimum atomic E-state index is -0.267. The molecule has 1 aromatic carbocycles. The number of nitrogens with one attached hydrogen (secondary N) is 3. The molecule has 2 heterocycles. The van der Waals surface area contributed by atoms with E-state index in [2.05, 4.69) is 30.9 Å². The maximum Gasteiger partial charge on any atom is 0.253 e. The third kappa shape index (κ3) is 6.13. The van der Waals surface area contributed by atoms with E-state index < -0.39 is 0 Å². The van der Waals surface area contributed by atoms with E-state index in [4.69, 9.17) is 0 Å². The van der Waals surface area contributed by atoms with Crippen LogP contribution in [0.25, 0.3) is 0 Å². The lowest BCUT2D eigenvalue weighted by Gasteiger charge is -2.11. The van der Waals surface area contributed by atoms with Crippen LogP contribution in [0, 0.1) is 20.8 Å². The van der Waals surface area contributed by atoms with Crippen molar-refractivity contribution in [3.8, 4) is 0 Å². The molecule has 3 rings (SSSR count). The summed E-state index contributed by atoms with van der Waals surface area (Å²) >= 11 is 0. The Bertz CT molecular complexity index is 1080. The van der Waals surface area contributed by atoms with E-state index in [1.54, 1.807) is 6.92 Å². The van der Waals surface area contributed by atoms with Gasteiger partial charge in [0.1, 0.15) is 12.4 Å². The third-order valence-corrected chi connectivity index (χ3v) is 4.24. The predicted molar refractivity (Wildman–Crippen MR) is 116 cm³/mol. The van der Waals surface area contributed by atoms with Crippen LogP contribution in [-0.4, -0.2) is 38.5 Å². The van der Waals surface area contributed by atoms with Crippen molar-refractivity contribution in [2.24, 2.45) is 0 Å². The Hall–Kier alpha value is -3.75. The Morgan fingerprint density at radius 2 is 1.77 bits per heavy atom. The van der Waals surface area contributed by atoms with Crippen LogP contribution in [0.15, 0.2) is 47.5 Å². The first-order chi connectivity index (χ1) is 14.4. The molecule has 0 aliphatic carbocycles. The number of nitrogens with zero attached hydrogens (tertiary/aromatic N) is 4. The molecule has 0 saturated carbocycles. The molecular formula is C21H25N7O2. The van der Waals surface area contributed by atoms with E-state index in [0.29, 0.717) is 30.5 Å². The fraction of sp³-hybridized carbons (Fsp3) is 0.286. The highest BCUT2D eigenvalue weighted by molar-refractivity contribution is 5.75. The second-order valence-electron chi connectivity index (χ2n) is 6.98. The molecule has 9 nitrogen and oxygen atoms in total. The van der Waals surface area contributed by atoms with Crippen molar-refractivity contribution < 1.29 is 4.79 Å². The second-order valence-corrected chi connectivity index (χ2v) is 6.98. The molecule has 0 unspecified atom stereocenters. The molecule has 156 valence electrons. The molecule has 2 aromatic heterocycles. The molecule has 3 aromatic rings. The van der Waals surface area contributed by atoms with Crippen molar-refractivity contribution >= 4 is 23.4 Å².